The minimum absolute atomic E-state index is 0.306. The zero-order valence-electron chi connectivity index (χ0n) is 18.8. The first-order valence-corrected chi connectivity index (χ1v) is 12.8. The Morgan fingerprint density at radius 2 is 1.97 bits per heavy atom. The van der Waals surface area contributed by atoms with Gasteiger partial charge in [0, 0.05) is 47.7 Å². The molecule has 1 aliphatic rings. The maximum absolute atomic E-state index is 13.0. The van der Waals surface area contributed by atoms with Gasteiger partial charge in [0.25, 0.3) is 5.91 Å². The second-order valence-corrected chi connectivity index (χ2v) is 10.3. The molecule has 2 aromatic heterocycles. The van der Waals surface area contributed by atoms with Gasteiger partial charge in [-0.05, 0) is 73.5 Å². The van der Waals surface area contributed by atoms with Gasteiger partial charge < -0.3 is 5.32 Å². The van der Waals surface area contributed by atoms with Crippen LogP contribution in [-0.4, -0.2) is 37.4 Å². The average molecular weight is 508 g/mol. The van der Waals surface area contributed by atoms with E-state index in [1.165, 1.54) is 4.31 Å². The van der Waals surface area contributed by atoms with E-state index >= 15 is 0 Å². The van der Waals surface area contributed by atoms with E-state index in [1.807, 2.05) is 18.2 Å². The van der Waals surface area contributed by atoms with Crippen LogP contribution in [0.4, 0.5) is 11.4 Å². The standard InChI is InChI=1S/C25H22ClN5O3S/c1-16-13-19(31-12-2-10-28-35(31,33)34)5-6-20(16)25(32)29-18-4-7-22(26)21(14-18)24-8-3-17-15-27-11-9-23(17)30-24/h3-9,11,13-15,28H,2,10,12H2,1H3,(H,29,32). The molecule has 0 radical (unpaired) electrons. The number of hydrogen-bond acceptors (Lipinski definition) is 5. The van der Waals surface area contributed by atoms with Crippen molar-refractivity contribution < 1.29 is 13.2 Å². The van der Waals surface area contributed by atoms with Crippen LogP contribution in [-0.2, 0) is 10.2 Å². The number of hydrogen-bond donors (Lipinski definition) is 2. The van der Waals surface area contributed by atoms with Crippen molar-refractivity contribution in [3.05, 3.63) is 83.1 Å². The smallest absolute Gasteiger partial charge is 0.301 e. The Morgan fingerprint density at radius 3 is 2.77 bits per heavy atom. The van der Waals surface area contributed by atoms with Crippen LogP contribution in [0.15, 0.2) is 67.0 Å². The van der Waals surface area contributed by atoms with Crippen LogP contribution in [0.5, 0.6) is 0 Å². The van der Waals surface area contributed by atoms with Gasteiger partial charge in [-0.3, -0.25) is 14.1 Å². The number of rotatable bonds is 4. The Balaban J connectivity index is 1.40. The van der Waals surface area contributed by atoms with Crippen LogP contribution in [0.25, 0.3) is 22.2 Å². The lowest BCUT2D eigenvalue weighted by atomic mass is 10.1. The van der Waals surface area contributed by atoms with Crippen LogP contribution in [0.3, 0.4) is 0 Å². The lowest BCUT2D eigenvalue weighted by Gasteiger charge is -2.29. The molecule has 0 atom stereocenters. The van der Waals surface area contributed by atoms with Crippen molar-refractivity contribution in [3.8, 4) is 11.3 Å². The predicted molar refractivity (Wildman–Crippen MR) is 138 cm³/mol. The molecular formula is C25H22ClN5O3S. The number of anilines is 2. The monoisotopic (exact) mass is 507 g/mol. The molecule has 0 aliphatic carbocycles. The van der Waals surface area contributed by atoms with E-state index in [2.05, 4.69) is 20.0 Å². The number of benzene rings is 2. The number of pyridine rings is 2. The molecule has 0 saturated carbocycles. The summed E-state index contributed by atoms with van der Waals surface area (Å²) >= 11 is 6.45. The number of amides is 1. The van der Waals surface area contributed by atoms with Gasteiger partial charge in [-0.25, -0.2) is 4.98 Å². The van der Waals surface area contributed by atoms with Gasteiger partial charge in [0.1, 0.15) is 0 Å². The Bertz CT molecular complexity index is 1560. The normalized spacial score (nSPS) is 15.2. The molecule has 3 heterocycles. The fourth-order valence-electron chi connectivity index (χ4n) is 4.06. The van der Waals surface area contributed by atoms with Crippen molar-refractivity contribution in [1.82, 2.24) is 14.7 Å². The summed E-state index contributed by atoms with van der Waals surface area (Å²) in [6.07, 6.45) is 4.14. The molecule has 0 spiro atoms. The third kappa shape index (κ3) is 4.70. The van der Waals surface area contributed by atoms with Crippen molar-refractivity contribution in [2.75, 3.05) is 22.7 Å². The van der Waals surface area contributed by atoms with Gasteiger partial charge in [-0.1, -0.05) is 11.6 Å². The van der Waals surface area contributed by atoms with E-state index in [-0.39, 0.29) is 5.91 Å². The van der Waals surface area contributed by atoms with Gasteiger partial charge in [0.05, 0.1) is 21.9 Å². The molecule has 2 N–H and O–H groups in total. The summed E-state index contributed by atoms with van der Waals surface area (Å²) in [7, 11) is -3.56. The SMILES string of the molecule is Cc1cc(N2CCCNS2(=O)=O)ccc1C(=O)Nc1ccc(Cl)c(-c2ccc3cnccc3n2)c1. The number of aryl methyl sites for hydroxylation is 1. The molecule has 4 aromatic rings. The summed E-state index contributed by atoms with van der Waals surface area (Å²) in [5.41, 5.74) is 4.38. The Labute approximate surface area is 208 Å². The summed E-state index contributed by atoms with van der Waals surface area (Å²) in [6, 6.07) is 15.8. The second-order valence-electron chi connectivity index (χ2n) is 8.24. The summed E-state index contributed by atoms with van der Waals surface area (Å²) in [6.45, 7) is 2.60. The van der Waals surface area contributed by atoms with Crippen molar-refractivity contribution in [2.24, 2.45) is 0 Å². The number of fused-ring (bicyclic) bond motifs is 1. The van der Waals surface area contributed by atoms with Crippen LogP contribution in [0, 0.1) is 6.92 Å². The molecule has 1 aliphatic heterocycles. The number of halogens is 1. The summed E-state index contributed by atoms with van der Waals surface area (Å²) in [5, 5.41) is 4.34. The van der Waals surface area contributed by atoms with Crippen LogP contribution in [0.2, 0.25) is 5.02 Å². The fraction of sp³-hybridized carbons (Fsp3) is 0.160. The van der Waals surface area contributed by atoms with Gasteiger partial charge in [-0.2, -0.15) is 13.1 Å². The highest BCUT2D eigenvalue weighted by atomic mass is 35.5. The topological polar surface area (TPSA) is 104 Å². The molecule has 8 nitrogen and oxygen atoms in total. The Morgan fingerprint density at radius 1 is 1.11 bits per heavy atom. The molecule has 35 heavy (non-hydrogen) atoms. The highest BCUT2D eigenvalue weighted by Crippen LogP contribution is 2.31. The van der Waals surface area contributed by atoms with Gasteiger partial charge in [0.2, 0.25) is 0 Å². The number of aromatic nitrogens is 2. The number of nitrogens with zero attached hydrogens (tertiary/aromatic N) is 3. The summed E-state index contributed by atoms with van der Waals surface area (Å²) in [4.78, 5) is 21.8. The average Bonchev–Trinajstić information content (AvgIpc) is 2.84. The lowest BCUT2D eigenvalue weighted by molar-refractivity contribution is 0.102. The zero-order valence-corrected chi connectivity index (χ0v) is 20.4. The third-order valence-electron chi connectivity index (χ3n) is 5.84. The van der Waals surface area contributed by atoms with E-state index in [4.69, 9.17) is 11.6 Å². The van der Waals surface area contributed by atoms with Crippen molar-refractivity contribution >= 4 is 50.0 Å². The van der Waals surface area contributed by atoms with Gasteiger partial charge in [-0.15, -0.1) is 0 Å². The quantitative estimate of drug-likeness (QED) is 0.421. The van der Waals surface area contributed by atoms with Gasteiger partial charge >= 0.3 is 10.2 Å². The molecular weight excluding hydrogens is 486 g/mol. The van der Waals surface area contributed by atoms with Crippen LogP contribution in [0.1, 0.15) is 22.3 Å². The number of carbonyl (C=O) groups is 1. The van der Waals surface area contributed by atoms with Crippen LogP contribution < -0.4 is 14.3 Å². The second kappa shape index (κ2) is 9.26. The van der Waals surface area contributed by atoms with E-state index in [0.29, 0.717) is 58.3 Å². The van der Waals surface area contributed by atoms with Crippen molar-refractivity contribution in [1.29, 1.82) is 0 Å². The Kier molecular flexibility index (Phi) is 6.14. The largest absolute Gasteiger partial charge is 0.322 e. The predicted octanol–water partition coefficient (Wildman–Crippen LogP) is 4.56. The fourth-order valence-corrected chi connectivity index (χ4v) is 5.59. The molecule has 0 bridgehead atoms. The highest BCUT2D eigenvalue weighted by Gasteiger charge is 2.26. The van der Waals surface area contributed by atoms with Crippen molar-refractivity contribution in [3.63, 3.8) is 0 Å². The van der Waals surface area contributed by atoms with E-state index < -0.39 is 10.2 Å². The molecule has 2 aromatic carbocycles. The number of carbonyl (C=O) groups excluding carboxylic acids is 1. The molecule has 0 unspecified atom stereocenters. The summed E-state index contributed by atoms with van der Waals surface area (Å²) < 4.78 is 28.5. The van der Waals surface area contributed by atoms with Crippen molar-refractivity contribution in [2.45, 2.75) is 13.3 Å². The molecule has 1 amide bonds. The highest BCUT2D eigenvalue weighted by molar-refractivity contribution is 7.90. The lowest BCUT2D eigenvalue weighted by Crippen LogP contribution is -2.47. The van der Waals surface area contributed by atoms with Gasteiger partial charge in [0.15, 0.2) is 0 Å². The molecule has 5 rings (SSSR count). The first-order chi connectivity index (χ1) is 16.8. The molecule has 178 valence electrons. The minimum atomic E-state index is -3.56. The molecule has 1 fully saturated rings. The molecule has 10 heteroatoms. The number of nitrogens with one attached hydrogen (secondary N) is 2. The first-order valence-electron chi connectivity index (χ1n) is 11.0. The third-order valence-corrected chi connectivity index (χ3v) is 7.72. The first kappa shape index (κ1) is 23.2. The van der Waals surface area contributed by atoms with Crippen LogP contribution >= 0.6 is 11.6 Å². The van der Waals surface area contributed by atoms with E-state index in [0.717, 1.165) is 10.9 Å². The summed E-state index contributed by atoms with van der Waals surface area (Å²) in [5.74, 6) is -0.306. The van der Waals surface area contributed by atoms with E-state index in [9.17, 15) is 13.2 Å². The maximum Gasteiger partial charge on any atom is 0.301 e. The maximum atomic E-state index is 13.0. The Hall–Kier alpha value is -3.53. The zero-order chi connectivity index (χ0) is 24.6. The van der Waals surface area contributed by atoms with E-state index in [1.54, 1.807) is 55.7 Å². The minimum Gasteiger partial charge on any atom is -0.322 e. The molecule has 1 saturated heterocycles.